The van der Waals surface area contributed by atoms with Crippen molar-refractivity contribution in [3.05, 3.63) is 35.9 Å². The first-order chi connectivity index (χ1) is 8.77. The summed E-state index contributed by atoms with van der Waals surface area (Å²) in [4.78, 5) is 14.0. The molecule has 0 atom stereocenters. The predicted molar refractivity (Wildman–Crippen MR) is 80.2 cm³/mol. The van der Waals surface area contributed by atoms with Crippen LogP contribution in [0.5, 0.6) is 0 Å². The number of rotatable bonds is 7. The van der Waals surface area contributed by atoms with Crippen molar-refractivity contribution in [2.75, 3.05) is 18.8 Å². The van der Waals surface area contributed by atoms with Gasteiger partial charge in [0.2, 0.25) is 0 Å². The topological polar surface area (TPSA) is 20.3 Å². The lowest BCUT2D eigenvalue weighted by atomic mass is 10.2. The van der Waals surface area contributed by atoms with E-state index >= 15 is 0 Å². The fourth-order valence-electron chi connectivity index (χ4n) is 1.83. The third-order valence-corrected chi connectivity index (χ3v) is 3.62. The highest BCUT2D eigenvalue weighted by Crippen LogP contribution is 2.12. The number of hydrogen-bond donors (Lipinski definition) is 0. The Hall–Kier alpha value is -0.960. The van der Waals surface area contributed by atoms with Gasteiger partial charge in [-0.25, -0.2) is 0 Å². The molecule has 100 valence electrons. The molecule has 0 aliphatic heterocycles. The fourth-order valence-corrected chi connectivity index (χ4v) is 2.70. The summed E-state index contributed by atoms with van der Waals surface area (Å²) in [5.74, 6) is 0.868. The summed E-state index contributed by atoms with van der Waals surface area (Å²) >= 11 is 1.45. The van der Waals surface area contributed by atoms with Crippen LogP contribution in [0.25, 0.3) is 0 Å². The van der Waals surface area contributed by atoms with Crippen LogP contribution < -0.4 is 0 Å². The van der Waals surface area contributed by atoms with E-state index in [1.807, 2.05) is 23.1 Å². The van der Waals surface area contributed by atoms with Crippen LogP contribution in [0.4, 0.5) is 4.79 Å². The summed E-state index contributed by atoms with van der Waals surface area (Å²) in [6.07, 6.45) is 3.03. The summed E-state index contributed by atoms with van der Waals surface area (Å²) in [5.41, 5.74) is 1.30. The molecule has 1 aromatic rings. The first-order valence-electron chi connectivity index (χ1n) is 6.73. The van der Waals surface area contributed by atoms with Crippen molar-refractivity contribution in [2.45, 2.75) is 33.1 Å². The van der Waals surface area contributed by atoms with Crippen LogP contribution in [0.1, 0.15) is 32.3 Å². The van der Waals surface area contributed by atoms with Gasteiger partial charge >= 0.3 is 0 Å². The van der Waals surface area contributed by atoms with E-state index in [9.17, 15) is 4.79 Å². The monoisotopic (exact) mass is 265 g/mol. The zero-order valence-corrected chi connectivity index (χ0v) is 12.2. The molecule has 18 heavy (non-hydrogen) atoms. The molecule has 0 N–H and O–H groups in total. The van der Waals surface area contributed by atoms with E-state index in [-0.39, 0.29) is 5.24 Å². The van der Waals surface area contributed by atoms with Crippen molar-refractivity contribution in [1.82, 2.24) is 4.90 Å². The number of amides is 1. The van der Waals surface area contributed by atoms with Crippen LogP contribution in [0.3, 0.4) is 0 Å². The molecule has 0 saturated heterocycles. The standard InChI is InChI=1S/C15H23NOS/c1-3-11-16(12-4-2)15(17)18-13-10-14-8-6-5-7-9-14/h5-9H,3-4,10-13H2,1-2H3. The Morgan fingerprint density at radius 3 is 2.28 bits per heavy atom. The molecule has 0 bridgehead atoms. The maximum atomic E-state index is 12.0. The summed E-state index contributed by atoms with van der Waals surface area (Å²) in [7, 11) is 0. The van der Waals surface area contributed by atoms with Crippen LogP contribution in [-0.2, 0) is 6.42 Å². The number of carbonyl (C=O) groups excluding carboxylic acids is 1. The van der Waals surface area contributed by atoms with Gasteiger partial charge in [-0.3, -0.25) is 4.79 Å². The van der Waals surface area contributed by atoms with Gasteiger partial charge in [-0.1, -0.05) is 55.9 Å². The predicted octanol–water partition coefficient (Wildman–Crippen LogP) is 4.20. The largest absolute Gasteiger partial charge is 0.334 e. The van der Waals surface area contributed by atoms with Crippen molar-refractivity contribution in [2.24, 2.45) is 0 Å². The quantitative estimate of drug-likeness (QED) is 0.736. The Morgan fingerprint density at radius 1 is 1.11 bits per heavy atom. The molecule has 0 saturated carbocycles. The molecule has 0 radical (unpaired) electrons. The van der Waals surface area contributed by atoms with E-state index in [0.717, 1.165) is 38.1 Å². The first kappa shape index (κ1) is 15.1. The molecule has 1 rings (SSSR count). The molecule has 0 aromatic heterocycles. The zero-order chi connectivity index (χ0) is 13.2. The molecule has 0 aliphatic rings. The number of benzene rings is 1. The van der Waals surface area contributed by atoms with Gasteiger partial charge in [0.15, 0.2) is 0 Å². The highest BCUT2D eigenvalue weighted by Gasteiger charge is 2.11. The van der Waals surface area contributed by atoms with E-state index in [1.54, 1.807) is 0 Å². The van der Waals surface area contributed by atoms with E-state index < -0.39 is 0 Å². The maximum absolute atomic E-state index is 12.0. The fraction of sp³-hybridized carbons (Fsp3) is 0.533. The number of thioether (sulfide) groups is 1. The van der Waals surface area contributed by atoms with E-state index in [1.165, 1.54) is 17.3 Å². The lowest BCUT2D eigenvalue weighted by Crippen LogP contribution is -2.29. The third-order valence-electron chi connectivity index (χ3n) is 2.70. The first-order valence-corrected chi connectivity index (χ1v) is 7.72. The Labute approximate surface area is 115 Å². The maximum Gasteiger partial charge on any atom is 0.281 e. The van der Waals surface area contributed by atoms with Crippen LogP contribution >= 0.6 is 11.8 Å². The molecule has 3 heteroatoms. The van der Waals surface area contributed by atoms with Gasteiger partial charge in [0.25, 0.3) is 5.24 Å². The van der Waals surface area contributed by atoms with Crippen LogP contribution in [-0.4, -0.2) is 29.0 Å². The lowest BCUT2D eigenvalue weighted by Gasteiger charge is -2.20. The van der Waals surface area contributed by atoms with Gasteiger partial charge in [0.05, 0.1) is 0 Å². The summed E-state index contributed by atoms with van der Waals surface area (Å²) in [5, 5.41) is 0.231. The Kier molecular flexibility index (Phi) is 7.58. The minimum atomic E-state index is 0.231. The van der Waals surface area contributed by atoms with Gasteiger partial charge in [-0.15, -0.1) is 0 Å². The van der Waals surface area contributed by atoms with Gasteiger partial charge in [-0.05, 0) is 24.8 Å². The Bertz CT molecular complexity index is 334. The van der Waals surface area contributed by atoms with Crippen molar-refractivity contribution >= 4 is 17.0 Å². The molecule has 1 aromatic carbocycles. The second-order valence-corrected chi connectivity index (χ2v) is 5.38. The molecule has 2 nitrogen and oxygen atoms in total. The number of aryl methyl sites for hydroxylation is 1. The van der Waals surface area contributed by atoms with Crippen molar-refractivity contribution < 1.29 is 4.79 Å². The van der Waals surface area contributed by atoms with Gasteiger partial charge in [-0.2, -0.15) is 0 Å². The van der Waals surface area contributed by atoms with E-state index in [0.29, 0.717) is 0 Å². The van der Waals surface area contributed by atoms with Gasteiger partial charge in [0.1, 0.15) is 0 Å². The third kappa shape index (κ3) is 5.58. The molecule has 1 amide bonds. The van der Waals surface area contributed by atoms with Crippen LogP contribution in [0.15, 0.2) is 30.3 Å². The van der Waals surface area contributed by atoms with Crippen molar-refractivity contribution in [1.29, 1.82) is 0 Å². The molecule has 0 spiro atoms. The van der Waals surface area contributed by atoms with Gasteiger partial charge in [0, 0.05) is 18.8 Å². The molecule has 0 unspecified atom stereocenters. The van der Waals surface area contributed by atoms with Crippen molar-refractivity contribution in [3.8, 4) is 0 Å². The average Bonchev–Trinajstić information content (AvgIpc) is 2.39. The molecular weight excluding hydrogens is 242 g/mol. The van der Waals surface area contributed by atoms with E-state index in [2.05, 4.69) is 26.0 Å². The highest BCUT2D eigenvalue weighted by molar-refractivity contribution is 8.13. The Morgan fingerprint density at radius 2 is 1.72 bits per heavy atom. The molecule has 0 aliphatic carbocycles. The molecule has 0 fully saturated rings. The second kappa shape index (κ2) is 9.03. The van der Waals surface area contributed by atoms with Crippen molar-refractivity contribution in [3.63, 3.8) is 0 Å². The number of carbonyl (C=O) groups is 1. The Balaban J connectivity index is 2.30. The van der Waals surface area contributed by atoms with Crippen LogP contribution in [0, 0.1) is 0 Å². The lowest BCUT2D eigenvalue weighted by molar-refractivity contribution is 0.223. The average molecular weight is 265 g/mol. The molecular formula is C15H23NOS. The summed E-state index contributed by atoms with van der Waals surface area (Å²) in [6.45, 7) is 5.99. The van der Waals surface area contributed by atoms with Gasteiger partial charge < -0.3 is 4.90 Å². The summed E-state index contributed by atoms with van der Waals surface area (Å²) < 4.78 is 0. The SMILES string of the molecule is CCCN(CCC)C(=O)SCCc1ccccc1. The zero-order valence-electron chi connectivity index (χ0n) is 11.4. The second-order valence-electron chi connectivity index (χ2n) is 4.34. The number of nitrogens with zero attached hydrogens (tertiary/aromatic N) is 1. The highest BCUT2D eigenvalue weighted by atomic mass is 32.2. The smallest absolute Gasteiger partial charge is 0.281 e. The summed E-state index contributed by atoms with van der Waals surface area (Å²) in [6, 6.07) is 10.3. The normalized spacial score (nSPS) is 10.3. The van der Waals surface area contributed by atoms with E-state index in [4.69, 9.17) is 0 Å². The minimum absolute atomic E-state index is 0.231. The number of hydrogen-bond acceptors (Lipinski definition) is 2. The van der Waals surface area contributed by atoms with Crippen LogP contribution in [0.2, 0.25) is 0 Å². The minimum Gasteiger partial charge on any atom is -0.334 e. The molecule has 0 heterocycles.